The number of carbonyl (C=O) groups is 1. The number of nitrogens with zero attached hydrogens (tertiary/aromatic N) is 1. The molecule has 1 aromatic rings. The Kier molecular flexibility index (Phi) is 3.68. The van der Waals surface area contributed by atoms with E-state index in [0.717, 1.165) is 0 Å². The summed E-state index contributed by atoms with van der Waals surface area (Å²) in [6, 6.07) is 5.05. The van der Waals surface area contributed by atoms with Crippen molar-refractivity contribution in [3.05, 3.63) is 29.3 Å². The number of hydrogen-bond donors (Lipinski definition) is 1. The largest absolute Gasteiger partial charge is 0.507 e. The normalized spacial score (nSPS) is 10.4. The number of rotatable bonds is 3. The van der Waals surface area contributed by atoms with Crippen LogP contribution < -0.4 is 0 Å². The molecule has 4 heteroatoms. The maximum absolute atomic E-state index is 11.3. The Bertz CT molecular complexity index is 361. The number of phenols is 1. The van der Waals surface area contributed by atoms with Crippen molar-refractivity contribution in [3.63, 3.8) is 0 Å². The highest BCUT2D eigenvalue weighted by Gasteiger charge is 2.14. The number of methoxy groups -OCH3 is 1. The maximum Gasteiger partial charge on any atom is 0.341 e. The van der Waals surface area contributed by atoms with Crippen LogP contribution in [0.2, 0.25) is 0 Å². The Labute approximate surface area is 89.1 Å². The first-order valence-electron chi connectivity index (χ1n) is 4.60. The number of esters is 1. The number of carbonyl (C=O) groups excluding carboxylic acids is 1. The summed E-state index contributed by atoms with van der Waals surface area (Å²) < 4.78 is 4.56. The van der Waals surface area contributed by atoms with Crippen LogP contribution in [0.5, 0.6) is 5.75 Å². The van der Waals surface area contributed by atoms with Gasteiger partial charge in [0.25, 0.3) is 0 Å². The molecule has 0 saturated carbocycles. The van der Waals surface area contributed by atoms with E-state index in [0.29, 0.717) is 12.1 Å². The van der Waals surface area contributed by atoms with Crippen LogP contribution in [0, 0.1) is 0 Å². The fourth-order valence-electron chi connectivity index (χ4n) is 1.33. The van der Waals surface area contributed by atoms with E-state index in [9.17, 15) is 9.90 Å². The van der Waals surface area contributed by atoms with Gasteiger partial charge in [-0.1, -0.05) is 12.1 Å². The standard InChI is InChI=1S/C11H15NO3/c1-12(2)7-8-5-4-6-9(10(8)13)11(14)15-3/h4-6,13H,7H2,1-3H3. The molecular formula is C11H15NO3. The van der Waals surface area contributed by atoms with Gasteiger partial charge in [0.05, 0.1) is 7.11 Å². The van der Waals surface area contributed by atoms with E-state index in [-0.39, 0.29) is 11.3 Å². The van der Waals surface area contributed by atoms with Crippen LogP contribution in [-0.4, -0.2) is 37.2 Å². The number of aromatic hydroxyl groups is 1. The Morgan fingerprint density at radius 3 is 2.67 bits per heavy atom. The average molecular weight is 209 g/mol. The van der Waals surface area contributed by atoms with E-state index in [4.69, 9.17) is 0 Å². The van der Waals surface area contributed by atoms with Crippen LogP contribution in [0.15, 0.2) is 18.2 Å². The molecule has 0 saturated heterocycles. The SMILES string of the molecule is COC(=O)c1cccc(CN(C)C)c1O. The van der Waals surface area contributed by atoms with Crippen LogP contribution in [0.3, 0.4) is 0 Å². The molecule has 4 nitrogen and oxygen atoms in total. The molecule has 0 spiro atoms. The van der Waals surface area contributed by atoms with Gasteiger partial charge in [0.15, 0.2) is 0 Å². The van der Waals surface area contributed by atoms with Gasteiger partial charge in [0, 0.05) is 12.1 Å². The van der Waals surface area contributed by atoms with Gasteiger partial charge in [-0.05, 0) is 20.2 Å². The highest BCUT2D eigenvalue weighted by Crippen LogP contribution is 2.23. The first kappa shape index (κ1) is 11.5. The van der Waals surface area contributed by atoms with E-state index in [1.54, 1.807) is 18.2 Å². The lowest BCUT2D eigenvalue weighted by Crippen LogP contribution is -2.12. The molecule has 0 aliphatic rings. The molecule has 1 aromatic carbocycles. The third-order valence-electron chi connectivity index (χ3n) is 2.01. The summed E-state index contributed by atoms with van der Waals surface area (Å²) in [5.41, 5.74) is 0.916. The van der Waals surface area contributed by atoms with Crippen molar-refractivity contribution in [3.8, 4) is 5.75 Å². The molecule has 1 rings (SSSR count). The first-order valence-corrected chi connectivity index (χ1v) is 4.60. The van der Waals surface area contributed by atoms with Gasteiger partial charge in [-0.25, -0.2) is 4.79 Å². The zero-order valence-electron chi connectivity index (χ0n) is 9.15. The molecule has 0 radical (unpaired) electrons. The van der Waals surface area contributed by atoms with Crippen LogP contribution in [0.1, 0.15) is 15.9 Å². The number of para-hydroxylation sites is 1. The fraction of sp³-hybridized carbons (Fsp3) is 0.364. The molecule has 0 aromatic heterocycles. The van der Waals surface area contributed by atoms with E-state index >= 15 is 0 Å². The Hall–Kier alpha value is -1.55. The summed E-state index contributed by atoms with van der Waals surface area (Å²) in [5, 5.41) is 9.81. The van der Waals surface area contributed by atoms with Crippen molar-refractivity contribution in [2.75, 3.05) is 21.2 Å². The van der Waals surface area contributed by atoms with Gasteiger partial charge in [0.1, 0.15) is 11.3 Å². The number of benzene rings is 1. The van der Waals surface area contributed by atoms with E-state index in [1.807, 2.05) is 19.0 Å². The Balaban J connectivity index is 3.05. The molecule has 0 amide bonds. The van der Waals surface area contributed by atoms with E-state index in [1.165, 1.54) is 7.11 Å². The lowest BCUT2D eigenvalue weighted by Gasteiger charge is -2.12. The number of phenolic OH excluding ortho intramolecular Hbond substituents is 1. The van der Waals surface area contributed by atoms with Crippen LogP contribution >= 0.6 is 0 Å². The third kappa shape index (κ3) is 2.70. The smallest absolute Gasteiger partial charge is 0.341 e. The van der Waals surface area contributed by atoms with E-state index in [2.05, 4.69) is 4.74 Å². The van der Waals surface area contributed by atoms with Crippen molar-refractivity contribution in [2.24, 2.45) is 0 Å². The van der Waals surface area contributed by atoms with Crippen LogP contribution in [0.4, 0.5) is 0 Å². The molecule has 1 N–H and O–H groups in total. The highest BCUT2D eigenvalue weighted by molar-refractivity contribution is 5.92. The van der Waals surface area contributed by atoms with Crippen LogP contribution in [0.25, 0.3) is 0 Å². The van der Waals surface area contributed by atoms with Crippen molar-refractivity contribution < 1.29 is 14.6 Å². The molecule has 0 aliphatic carbocycles. The zero-order valence-corrected chi connectivity index (χ0v) is 9.15. The topological polar surface area (TPSA) is 49.8 Å². The van der Waals surface area contributed by atoms with Crippen LogP contribution in [-0.2, 0) is 11.3 Å². The predicted octanol–water partition coefficient (Wildman–Crippen LogP) is 1.24. The van der Waals surface area contributed by atoms with Gasteiger partial charge in [0.2, 0.25) is 0 Å². The van der Waals surface area contributed by atoms with Crippen molar-refractivity contribution >= 4 is 5.97 Å². The molecule has 0 aliphatic heterocycles. The lowest BCUT2D eigenvalue weighted by atomic mass is 10.1. The molecule has 82 valence electrons. The molecule has 0 bridgehead atoms. The number of ether oxygens (including phenoxy) is 1. The Morgan fingerprint density at radius 1 is 1.47 bits per heavy atom. The lowest BCUT2D eigenvalue weighted by molar-refractivity contribution is 0.0597. The number of hydrogen-bond acceptors (Lipinski definition) is 4. The predicted molar refractivity (Wildman–Crippen MR) is 56.8 cm³/mol. The summed E-state index contributed by atoms with van der Waals surface area (Å²) in [7, 11) is 5.08. The second kappa shape index (κ2) is 4.79. The monoisotopic (exact) mass is 209 g/mol. The average Bonchev–Trinajstić information content (AvgIpc) is 2.19. The van der Waals surface area contributed by atoms with Gasteiger partial charge >= 0.3 is 5.97 Å². The maximum atomic E-state index is 11.3. The second-order valence-electron chi connectivity index (χ2n) is 3.54. The van der Waals surface area contributed by atoms with E-state index < -0.39 is 5.97 Å². The molecule has 0 heterocycles. The minimum absolute atomic E-state index is 0.00181. The Morgan fingerprint density at radius 2 is 2.13 bits per heavy atom. The first-order chi connectivity index (χ1) is 7.06. The molecule has 0 unspecified atom stereocenters. The summed E-state index contributed by atoms with van der Waals surface area (Å²) >= 11 is 0. The summed E-state index contributed by atoms with van der Waals surface area (Å²) in [6.07, 6.45) is 0. The second-order valence-corrected chi connectivity index (χ2v) is 3.54. The van der Waals surface area contributed by atoms with Crippen molar-refractivity contribution in [2.45, 2.75) is 6.54 Å². The van der Waals surface area contributed by atoms with Crippen molar-refractivity contribution in [1.29, 1.82) is 0 Å². The highest BCUT2D eigenvalue weighted by atomic mass is 16.5. The zero-order chi connectivity index (χ0) is 11.4. The summed E-state index contributed by atoms with van der Waals surface area (Å²) in [6.45, 7) is 0.580. The van der Waals surface area contributed by atoms with Gasteiger partial charge in [-0.3, -0.25) is 0 Å². The summed E-state index contributed by atoms with van der Waals surface area (Å²) in [5.74, 6) is -0.522. The fourth-order valence-corrected chi connectivity index (χ4v) is 1.33. The van der Waals surface area contributed by atoms with Crippen molar-refractivity contribution in [1.82, 2.24) is 4.90 Å². The molecule has 0 atom stereocenters. The minimum Gasteiger partial charge on any atom is -0.507 e. The molecule has 15 heavy (non-hydrogen) atoms. The van der Waals surface area contributed by atoms with Gasteiger partial charge in [-0.15, -0.1) is 0 Å². The van der Waals surface area contributed by atoms with Gasteiger partial charge < -0.3 is 14.7 Å². The molecular weight excluding hydrogens is 194 g/mol. The minimum atomic E-state index is -0.520. The van der Waals surface area contributed by atoms with Gasteiger partial charge in [-0.2, -0.15) is 0 Å². The molecule has 0 fully saturated rings. The summed E-state index contributed by atoms with van der Waals surface area (Å²) in [4.78, 5) is 13.2. The third-order valence-corrected chi connectivity index (χ3v) is 2.01. The quantitative estimate of drug-likeness (QED) is 0.761.